The number of H-pyrrole nitrogens is 1. The summed E-state index contributed by atoms with van der Waals surface area (Å²) in [6.07, 6.45) is 2.69. The second-order valence-electron chi connectivity index (χ2n) is 5.35. The molecule has 0 amide bonds. The standard InChI is InChI=1S/C17H14BrN3O4/c1-10-7-11(4-5-14(10)18)19-8-13-15(22)20-17(24)21(16(13)23)9-12-3-2-6-25-12/h2-8,23H,9H2,1H3,(H,20,22,24). The molecule has 3 rings (SSSR count). The van der Waals surface area contributed by atoms with E-state index in [1.54, 1.807) is 18.2 Å². The molecule has 3 aromatic rings. The Balaban J connectivity index is 2.00. The molecular weight excluding hydrogens is 390 g/mol. The van der Waals surface area contributed by atoms with E-state index in [4.69, 9.17) is 4.42 Å². The van der Waals surface area contributed by atoms with Gasteiger partial charge in [-0.25, -0.2) is 4.79 Å². The van der Waals surface area contributed by atoms with Crippen molar-refractivity contribution >= 4 is 27.8 Å². The van der Waals surface area contributed by atoms with Crippen LogP contribution in [0, 0.1) is 6.92 Å². The second kappa shape index (κ2) is 6.94. The van der Waals surface area contributed by atoms with Gasteiger partial charge in [0.2, 0.25) is 5.88 Å². The van der Waals surface area contributed by atoms with E-state index >= 15 is 0 Å². The molecule has 0 bridgehead atoms. The normalized spacial score (nSPS) is 11.3. The van der Waals surface area contributed by atoms with Gasteiger partial charge in [0.05, 0.1) is 18.5 Å². The molecule has 0 saturated heterocycles. The first kappa shape index (κ1) is 17.0. The van der Waals surface area contributed by atoms with Crippen molar-refractivity contribution in [2.75, 3.05) is 0 Å². The number of aromatic nitrogens is 2. The maximum Gasteiger partial charge on any atom is 0.331 e. The van der Waals surface area contributed by atoms with Crippen LogP contribution in [-0.4, -0.2) is 20.9 Å². The summed E-state index contributed by atoms with van der Waals surface area (Å²) in [5, 5.41) is 10.3. The Morgan fingerprint density at radius 3 is 2.84 bits per heavy atom. The van der Waals surface area contributed by atoms with Crippen LogP contribution >= 0.6 is 15.9 Å². The van der Waals surface area contributed by atoms with Gasteiger partial charge in [-0.05, 0) is 42.8 Å². The number of aliphatic imine (C=N–C) groups is 1. The highest BCUT2D eigenvalue weighted by Gasteiger charge is 2.13. The number of furan rings is 1. The summed E-state index contributed by atoms with van der Waals surface area (Å²) in [6.45, 7) is 1.91. The Bertz CT molecular complexity index is 1050. The van der Waals surface area contributed by atoms with Gasteiger partial charge in [-0.15, -0.1) is 0 Å². The number of benzene rings is 1. The van der Waals surface area contributed by atoms with Crippen LogP contribution in [0.4, 0.5) is 5.69 Å². The van der Waals surface area contributed by atoms with Crippen molar-refractivity contribution in [1.29, 1.82) is 0 Å². The molecule has 8 heteroatoms. The summed E-state index contributed by atoms with van der Waals surface area (Å²) in [5.41, 5.74) is 0.0527. The number of aryl methyl sites for hydroxylation is 1. The van der Waals surface area contributed by atoms with E-state index in [0.29, 0.717) is 11.4 Å². The molecule has 0 aliphatic heterocycles. The molecule has 0 saturated carbocycles. The summed E-state index contributed by atoms with van der Waals surface area (Å²) in [6, 6.07) is 8.75. The average Bonchev–Trinajstić information content (AvgIpc) is 3.07. The second-order valence-corrected chi connectivity index (χ2v) is 6.21. The zero-order valence-corrected chi connectivity index (χ0v) is 14.8. The van der Waals surface area contributed by atoms with Crippen LogP contribution in [-0.2, 0) is 6.54 Å². The molecule has 2 aromatic heterocycles. The molecule has 0 aliphatic rings. The molecule has 0 spiro atoms. The Kier molecular flexibility index (Phi) is 4.71. The monoisotopic (exact) mass is 403 g/mol. The van der Waals surface area contributed by atoms with Gasteiger partial charge in [0.25, 0.3) is 5.56 Å². The summed E-state index contributed by atoms with van der Waals surface area (Å²) < 4.78 is 7.12. The van der Waals surface area contributed by atoms with E-state index in [9.17, 15) is 14.7 Å². The lowest BCUT2D eigenvalue weighted by atomic mass is 10.2. The molecule has 0 unspecified atom stereocenters. The lowest BCUT2D eigenvalue weighted by molar-refractivity contribution is 0.392. The van der Waals surface area contributed by atoms with E-state index in [1.165, 1.54) is 12.5 Å². The van der Waals surface area contributed by atoms with Gasteiger partial charge in [0.15, 0.2) is 0 Å². The highest BCUT2D eigenvalue weighted by atomic mass is 79.9. The summed E-state index contributed by atoms with van der Waals surface area (Å²) >= 11 is 3.40. The molecule has 0 aliphatic carbocycles. The van der Waals surface area contributed by atoms with Crippen molar-refractivity contribution in [3.8, 4) is 5.88 Å². The number of aromatic hydroxyl groups is 1. The first-order valence-corrected chi connectivity index (χ1v) is 8.13. The van der Waals surface area contributed by atoms with Crippen molar-refractivity contribution in [3.05, 3.63) is 78.8 Å². The number of hydrogen-bond acceptors (Lipinski definition) is 5. The zero-order valence-electron chi connectivity index (χ0n) is 13.2. The van der Waals surface area contributed by atoms with Crippen LogP contribution in [0.15, 0.2) is 60.1 Å². The van der Waals surface area contributed by atoms with Crippen molar-refractivity contribution in [2.24, 2.45) is 4.99 Å². The Hall–Kier alpha value is -2.87. The van der Waals surface area contributed by atoms with E-state index < -0.39 is 17.1 Å². The predicted octanol–water partition coefficient (Wildman–Crippen LogP) is 2.71. The minimum Gasteiger partial charge on any atom is -0.494 e. The third-order valence-electron chi connectivity index (χ3n) is 3.59. The van der Waals surface area contributed by atoms with Crippen molar-refractivity contribution in [2.45, 2.75) is 13.5 Å². The third kappa shape index (κ3) is 3.63. The Morgan fingerprint density at radius 2 is 2.16 bits per heavy atom. The smallest absolute Gasteiger partial charge is 0.331 e. The first-order chi connectivity index (χ1) is 12.0. The molecule has 128 valence electrons. The zero-order chi connectivity index (χ0) is 18.0. The van der Waals surface area contributed by atoms with Crippen LogP contribution in [0.1, 0.15) is 16.9 Å². The number of aromatic amines is 1. The predicted molar refractivity (Wildman–Crippen MR) is 96.9 cm³/mol. The molecular formula is C17H14BrN3O4. The SMILES string of the molecule is Cc1cc(N=Cc2c(O)n(Cc3ccco3)c(=O)[nH]c2=O)ccc1Br. The molecule has 2 heterocycles. The van der Waals surface area contributed by atoms with Gasteiger partial charge < -0.3 is 9.52 Å². The summed E-state index contributed by atoms with van der Waals surface area (Å²) in [4.78, 5) is 30.3. The molecule has 2 N–H and O–H groups in total. The number of halogens is 1. The Labute approximate surface area is 150 Å². The van der Waals surface area contributed by atoms with Gasteiger partial charge in [-0.3, -0.25) is 19.3 Å². The Morgan fingerprint density at radius 1 is 1.36 bits per heavy atom. The quantitative estimate of drug-likeness (QED) is 0.653. The van der Waals surface area contributed by atoms with Crippen LogP contribution in [0.3, 0.4) is 0 Å². The number of nitrogens with zero attached hydrogens (tertiary/aromatic N) is 2. The maximum atomic E-state index is 12.0. The average molecular weight is 404 g/mol. The van der Waals surface area contributed by atoms with Gasteiger partial charge in [-0.2, -0.15) is 0 Å². The highest BCUT2D eigenvalue weighted by Crippen LogP contribution is 2.22. The number of nitrogens with one attached hydrogen (secondary N) is 1. The van der Waals surface area contributed by atoms with Crippen molar-refractivity contribution < 1.29 is 9.52 Å². The van der Waals surface area contributed by atoms with Gasteiger partial charge in [-0.1, -0.05) is 15.9 Å². The first-order valence-electron chi connectivity index (χ1n) is 7.34. The van der Waals surface area contributed by atoms with Gasteiger partial charge >= 0.3 is 5.69 Å². The molecule has 25 heavy (non-hydrogen) atoms. The summed E-state index contributed by atoms with van der Waals surface area (Å²) in [5.74, 6) is -0.00129. The molecule has 7 nitrogen and oxygen atoms in total. The fourth-order valence-corrected chi connectivity index (χ4v) is 2.49. The van der Waals surface area contributed by atoms with Crippen LogP contribution < -0.4 is 11.2 Å². The van der Waals surface area contributed by atoms with Crippen LogP contribution in [0.25, 0.3) is 0 Å². The fraction of sp³-hybridized carbons (Fsp3) is 0.118. The molecule has 0 radical (unpaired) electrons. The maximum absolute atomic E-state index is 12.0. The highest BCUT2D eigenvalue weighted by molar-refractivity contribution is 9.10. The number of hydrogen-bond donors (Lipinski definition) is 2. The van der Waals surface area contributed by atoms with E-state index in [2.05, 4.69) is 25.9 Å². The van der Waals surface area contributed by atoms with Crippen LogP contribution in [0.2, 0.25) is 0 Å². The topological polar surface area (TPSA) is 101 Å². The minimum atomic E-state index is -0.726. The van der Waals surface area contributed by atoms with Crippen LogP contribution in [0.5, 0.6) is 5.88 Å². The van der Waals surface area contributed by atoms with Crippen molar-refractivity contribution in [1.82, 2.24) is 9.55 Å². The summed E-state index contributed by atoms with van der Waals surface area (Å²) in [7, 11) is 0. The van der Waals surface area contributed by atoms with Gasteiger partial charge in [0, 0.05) is 10.7 Å². The molecule has 0 fully saturated rings. The molecule has 1 aromatic carbocycles. The van der Waals surface area contributed by atoms with E-state index in [-0.39, 0.29) is 12.1 Å². The number of rotatable bonds is 4. The van der Waals surface area contributed by atoms with Gasteiger partial charge in [0.1, 0.15) is 11.3 Å². The fourth-order valence-electron chi connectivity index (χ4n) is 2.24. The lowest BCUT2D eigenvalue weighted by Crippen LogP contribution is -2.32. The lowest BCUT2D eigenvalue weighted by Gasteiger charge is -2.07. The van der Waals surface area contributed by atoms with Crippen molar-refractivity contribution in [3.63, 3.8) is 0 Å². The van der Waals surface area contributed by atoms with E-state index in [1.807, 2.05) is 19.1 Å². The third-order valence-corrected chi connectivity index (χ3v) is 4.47. The largest absolute Gasteiger partial charge is 0.494 e. The van der Waals surface area contributed by atoms with E-state index in [0.717, 1.165) is 14.6 Å². The minimum absolute atomic E-state index is 0.00726. The molecule has 0 atom stereocenters.